The van der Waals surface area contributed by atoms with E-state index in [-0.39, 0.29) is 0 Å². The summed E-state index contributed by atoms with van der Waals surface area (Å²) in [7, 11) is 0. The van der Waals surface area contributed by atoms with E-state index in [1.165, 1.54) is 40.4 Å². The highest BCUT2D eigenvalue weighted by Gasteiger charge is 2.18. The lowest BCUT2D eigenvalue weighted by Crippen LogP contribution is -2.25. The SMILES string of the molecule is CCCNC(CC(CC)CC)c1cccc(C)c1I. The Labute approximate surface area is 132 Å². The quantitative estimate of drug-likeness (QED) is 0.596. The van der Waals surface area contributed by atoms with Crippen molar-refractivity contribution in [1.82, 2.24) is 5.32 Å². The van der Waals surface area contributed by atoms with Gasteiger partial charge in [0.2, 0.25) is 0 Å². The van der Waals surface area contributed by atoms with Crippen molar-refractivity contribution in [1.29, 1.82) is 0 Å². The summed E-state index contributed by atoms with van der Waals surface area (Å²) in [4.78, 5) is 0. The van der Waals surface area contributed by atoms with Crippen molar-refractivity contribution < 1.29 is 0 Å². The number of halogens is 1. The zero-order valence-electron chi connectivity index (χ0n) is 12.8. The highest BCUT2D eigenvalue weighted by atomic mass is 127. The molecule has 0 saturated carbocycles. The summed E-state index contributed by atoms with van der Waals surface area (Å²) >= 11 is 2.50. The zero-order valence-corrected chi connectivity index (χ0v) is 15.0. The van der Waals surface area contributed by atoms with E-state index in [1.54, 1.807) is 0 Å². The molecule has 0 aliphatic heterocycles. The third kappa shape index (κ3) is 5.07. The van der Waals surface area contributed by atoms with Crippen LogP contribution in [0.3, 0.4) is 0 Å². The van der Waals surface area contributed by atoms with E-state index >= 15 is 0 Å². The number of hydrogen-bond donors (Lipinski definition) is 1. The zero-order chi connectivity index (χ0) is 14.3. The van der Waals surface area contributed by atoms with Crippen LogP contribution in [0.15, 0.2) is 18.2 Å². The van der Waals surface area contributed by atoms with Crippen molar-refractivity contribution in [2.45, 2.75) is 59.4 Å². The second-order valence-electron chi connectivity index (χ2n) is 5.40. The number of benzene rings is 1. The molecular weight excluding hydrogens is 345 g/mol. The van der Waals surface area contributed by atoms with Gasteiger partial charge in [-0.2, -0.15) is 0 Å². The van der Waals surface area contributed by atoms with Gasteiger partial charge in [-0.15, -0.1) is 0 Å². The molecule has 19 heavy (non-hydrogen) atoms. The summed E-state index contributed by atoms with van der Waals surface area (Å²) in [6, 6.07) is 7.21. The fourth-order valence-electron chi connectivity index (χ4n) is 2.53. The molecule has 0 bridgehead atoms. The van der Waals surface area contributed by atoms with Gasteiger partial charge < -0.3 is 5.32 Å². The first-order chi connectivity index (χ1) is 9.13. The lowest BCUT2D eigenvalue weighted by atomic mass is 9.90. The predicted octanol–water partition coefficient (Wildman–Crippen LogP) is 5.47. The number of aryl methyl sites for hydroxylation is 1. The van der Waals surface area contributed by atoms with Crippen LogP contribution in [0.5, 0.6) is 0 Å². The van der Waals surface area contributed by atoms with Gasteiger partial charge in [-0.05, 0) is 65.9 Å². The van der Waals surface area contributed by atoms with Crippen LogP contribution in [0.4, 0.5) is 0 Å². The van der Waals surface area contributed by atoms with E-state index < -0.39 is 0 Å². The van der Waals surface area contributed by atoms with Gasteiger partial charge in [-0.25, -0.2) is 0 Å². The maximum atomic E-state index is 3.75. The van der Waals surface area contributed by atoms with Crippen LogP contribution >= 0.6 is 22.6 Å². The predicted molar refractivity (Wildman–Crippen MR) is 93.6 cm³/mol. The van der Waals surface area contributed by atoms with E-state index in [2.05, 4.69) is 73.8 Å². The first-order valence-corrected chi connectivity index (χ1v) is 8.70. The molecule has 0 saturated heterocycles. The maximum Gasteiger partial charge on any atom is 0.0333 e. The standard InChI is InChI=1S/C17H28IN/c1-5-11-19-16(12-14(6-2)7-3)15-10-8-9-13(4)17(15)18/h8-10,14,16,19H,5-7,11-12H2,1-4H3. The Morgan fingerprint density at radius 2 is 1.84 bits per heavy atom. The van der Waals surface area contributed by atoms with E-state index in [0.29, 0.717) is 6.04 Å². The molecule has 1 nitrogen and oxygen atoms in total. The van der Waals surface area contributed by atoms with E-state index in [9.17, 15) is 0 Å². The topological polar surface area (TPSA) is 12.0 Å². The van der Waals surface area contributed by atoms with Gasteiger partial charge in [0, 0.05) is 9.61 Å². The largest absolute Gasteiger partial charge is 0.310 e. The van der Waals surface area contributed by atoms with E-state index in [4.69, 9.17) is 0 Å². The summed E-state index contributed by atoms with van der Waals surface area (Å²) < 4.78 is 1.43. The Bertz CT molecular complexity index is 372. The molecule has 1 aromatic carbocycles. The first-order valence-electron chi connectivity index (χ1n) is 7.62. The van der Waals surface area contributed by atoms with Gasteiger partial charge >= 0.3 is 0 Å². The van der Waals surface area contributed by atoms with Crippen molar-refractivity contribution in [3.63, 3.8) is 0 Å². The van der Waals surface area contributed by atoms with Crippen molar-refractivity contribution in [2.75, 3.05) is 6.54 Å². The lowest BCUT2D eigenvalue weighted by molar-refractivity contribution is 0.370. The van der Waals surface area contributed by atoms with Crippen LogP contribution in [0, 0.1) is 16.4 Å². The molecule has 0 radical (unpaired) electrons. The molecule has 0 spiro atoms. The van der Waals surface area contributed by atoms with Gasteiger partial charge in [0.15, 0.2) is 0 Å². The number of hydrogen-bond acceptors (Lipinski definition) is 1. The van der Waals surface area contributed by atoms with Gasteiger partial charge in [0.25, 0.3) is 0 Å². The summed E-state index contributed by atoms with van der Waals surface area (Å²) in [6.07, 6.45) is 5.01. The average Bonchev–Trinajstić information content (AvgIpc) is 2.43. The molecule has 1 rings (SSSR count). The smallest absolute Gasteiger partial charge is 0.0333 e. The Kier molecular flexibility index (Phi) is 8.00. The highest BCUT2D eigenvalue weighted by molar-refractivity contribution is 14.1. The fraction of sp³-hybridized carbons (Fsp3) is 0.647. The Hall–Kier alpha value is -0.0900. The van der Waals surface area contributed by atoms with Crippen molar-refractivity contribution in [3.8, 4) is 0 Å². The minimum Gasteiger partial charge on any atom is -0.310 e. The molecule has 0 aliphatic carbocycles. The highest BCUT2D eigenvalue weighted by Crippen LogP contribution is 2.29. The summed E-state index contributed by atoms with van der Waals surface area (Å²) in [5.74, 6) is 0.825. The molecule has 0 fully saturated rings. The Morgan fingerprint density at radius 1 is 1.16 bits per heavy atom. The normalized spacial score (nSPS) is 12.9. The first kappa shape index (κ1) is 17.0. The molecule has 108 valence electrons. The third-order valence-corrected chi connectivity index (χ3v) is 5.44. The van der Waals surface area contributed by atoms with Crippen LogP contribution in [0.25, 0.3) is 0 Å². The second-order valence-corrected chi connectivity index (χ2v) is 6.48. The second kappa shape index (κ2) is 8.96. The van der Waals surface area contributed by atoms with Crippen LogP contribution in [-0.2, 0) is 0 Å². The van der Waals surface area contributed by atoms with Gasteiger partial charge in [0.05, 0.1) is 0 Å². The van der Waals surface area contributed by atoms with E-state index in [0.717, 1.165) is 12.5 Å². The molecule has 1 N–H and O–H groups in total. The number of rotatable bonds is 8. The van der Waals surface area contributed by atoms with Crippen LogP contribution in [0.1, 0.15) is 63.6 Å². The molecule has 1 atom stereocenters. The minimum absolute atomic E-state index is 0.511. The van der Waals surface area contributed by atoms with Gasteiger partial charge in [0.1, 0.15) is 0 Å². The fourth-order valence-corrected chi connectivity index (χ4v) is 3.27. The molecule has 0 aliphatic rings. The van der Waals surface area contributed by atoms with Crippen LogP contribution < -0.4 is 5.32 Å². The molecular formula is C17H28IN. The number of nitrogens with one attached hydrogen (secondary N) is 1. The van der Waals surface area contributed by atoms with Gasteiger partial charge in [-0.3, -0.25) is 0 Å². The van der Waals surface area contributed by atoms with Gasteiger partial charge in [-0.1, -0.05) is 51.8 Å². The molecule has 1 aromatic rings. The van der Waals surface area contributed by atoms with Crippen molar-refractivity contribution in [3.05, 3.63) is 32.9 Å². The van der Waals surface area contributed by atoms with Crippen molar-refractivity contribution >= 4 is 22.6 Å². The maximum absolute atomic E-state index is 3.75. The van der Waals surface area contributed by atoms with Crippen molar-refractivity contribution in [2.24, 2.45) is 5.92 Å². The molecule has 0 heterocycles. The Balaban J connectivity index is 2.91. The van der Waals surface area contributed by atoms with Crippen LogP contribution in [0.2, 0.25) is 0 Å². The third-order valence-electron chi connectivity index (χ3n) is 3.96. The Morgan fingerprint density at radius 3 is 2.42 bits per heavy atom. The molecule has 2 heteroatoms. The molecule has 0 aromatic heterocycles. The average molecular weight is 373 g/mol. The summed E-state index contributed by atoms with van der Waals surface area (Å²) in [5, 5.41) is 3.75. The lowest BCUT2D eigenvalue weighted by Gasteiger charge is -2.25. The monoisotopic (exact) mass is 373 g/mol. The molecule has 1 unspecified atom stereocenters. The summed E-state index contributed by atoms with van der Waals surface area (Å²) in [5.41, 5.74) is 2.88. The molecule has 0 amide bonds. The minimum atomic E-state index is 0.511. The summed E-state index contributed by atoms with van der Waals surface area (Å²) in [6.45, 7) is 10.2. The van der Waals surface area contributed by atoms with E-state index in [1.807, 2.05) is 0 Å². The van der Waals surface area contributed by atoms with Crippen LogP contribution in [-0.4, -0.2) is 6.54 Å².